The molecule has 5 rings (SSSR count). The molecule has 224 valence electrons. The maximum Gasteiger partial charge on any atom is 0.301 e. The predicted octanol–water partition coefficient (Wildman–Crippen LogP) is 6.12. The lowest BCUT2D eigenvalue weighted by atomic mass is 9.96. The second-order valence-electron chi connectivity index (χ2n) is 10.5. The molecule has 0 bridgehead atoms. The largest absolute Gasteiger partial charge is 0.505 e. The summed E-state index contributed by atoms with van der Waals surface area (Å²) in [5, 5.41) is 11.9. The van der Waals surface area contributed by atoms with E-state index in [4.69, 9.17) is 9.47 Å². The number of ether oxygens (including phenoxy) is 2. The number of methoxy groups -OCH3 is 1. The smallest absolute Gasteiger partial charge is 0.301 e. The Kier molecular flexibility index (Phi) is 8.36. The van der Waals surface area contributed by atoms with Crippen molar-refractivity contribution in [1.82, 2.24) is 14.4 Å². The van der Waals surface area contributed by atoms with Gasteiger partial charge in [0.2, 0.25) is 0 Å². The maximum absolute atomic E-state index is 13.7. The number of rotatable bonds is 10. The lowest BCUT2D eigenvalue weighted by molar-refractivity contribution is -0.132. The highest BCUT2D eigenvalue weighted by atomic mass is 32.1. The highest BCUT2D eigenvalue weighted by Crippen LogP contribution is 2.45. The number of aliphatic hydroxyl groups is 1. The number of hydrogen-bond acceptors (Lipinski definition) is 9. The SMILES string of the molecule is CCCCCOc1ccc(C2/C(=C(\O)c3nc4c(C)cccn4c3C)C(=O)C(=O)N2c2nc(C)c(C(C)=O)s2)cc1OC. The molecular formula is C32H34N4O6S. The van der Waals surface area contributed by atoms with Crippen LogP contribution in [0.25, 0.3) is 11.4 Å². The average molecular weight is 603 g/mol. The van der Waals surface area contributed by atoms with E-state index in [0.29, 0.717) is 45.6 Å². The number of carbonyl (C=O) groups is 3. The lowest BCUT2D eigenvalue weighted by Crippen LogP contribution is -2.29. The summed E-state index contributed by atoms with van der Waals surface area (Å²) in [6, 6.07) is 7.86. The fourth-order valence-corrected chi connectivity index (χ4v) is 6.33. The summed E-state index contributed by atoms with van der Waals surface area (Å²) >= 11 is 1.03. The summed E-state index contributed by atoms with van der Waals surface area (Å²) in [6.07, 6.45) is 4.81. The Labute approximate surface area is 253 Å². The molecular weight excluding hydrogens is 568 g/mol. The average Bonchev–Trinajstić information content (AvgIpc) is 3.62. The third-order valence-corrected chi connectivity index (χ3v) is 8.83. The van der Waals surface area contributed by atoms with Crippen LogP contribution >= 0.6 is 11.3 Å². The minimum atomic E-state index is -1.07. The molecule has 4 heterocycles. The van der Waals surface area contributed by atoms with Gasteiger partial charge in [-0.3, -0.25) is 19.3 Å². The van der Waals surface area contributed by atoms with Crippen molar-refractivity contribution < 1.29 is 29.0 Å². The minimum absolute atomic E-state index is 0.134. The zero-order valence-electron chi connectivity index (χ0n) is 25.1. The van der Waals surface area contributed by atoms with Crippen LogP contribution in [0.2, 0.25) is 0 Å². The molecule has 1 N–H and O–H groups in total. The Morgan fingerprint density at radius 2 is 1.86 bits per heavy atom. The van der Waals surface area contributed by atoms with Crippen molar-refractivity contribution in [3.63, 3.8) is 0 Å². The quantitative estimate of drug-likeness (QED) is 0.0757. The van der Waals surface area contributed by atoms with Gasteiger partial charge >= 0.3 is 5.91 Å². The Hall–Kier alpha value is -4.51. The molecule has 1 unspecified atom stereocenters. The first-order valence-corrected chi connectivity index (χ1v) is 14.9. The second-order valence-corrected chi connectivity index (χ2v) is 11.5. The standard InChI is InChI=1S/C32H34N4O6S/c1-7-8-9-15-42-22-13-12-21(16-23(22)41-6)26-24(27(38)25-19(4)35-14-10-11-17(2)30(35)34-25)28(39)31(40)36(26)32-33-18(3)29(43-32)20(5)37/h10-14,16,26,38H,7-9,15H2,1-6H3/b27-24+. The van der Waals surface area contributed by atoms with Crippen LogP contribution in [0.5, 0.6) is 11.5 Å². The van der Waals surface area contributed by atoms with Crippen LogP contribution in [0.4, 0.5) is 5.13 Å². The maximum atomic E-state index is 13.7. The van der Waals surface area contributed by atoms with E-state index in [-0.39, 0.29) is 22.2 Å². The highest BCUT2D eigenvalue weighted by Gasteiger charge is 2.49. The number of aromatic nitrogens is 3. The van der Waals surface area contributed by atoms with E-state index < -0.39 is 23.5 Å². The van der Waals surface area contributed by atoms with E-state index in [1.165, 1.54) is 18.9 Å². The number of benzene rings is 1. The number of carbonyl (C=O) groups excluding carboxylic acids is 3. The number of anilines is 1. The summed E-state index contributed by atoms with van der Waals surface area (Å²) in [4.78, 5) is 50.5. The Balaban J connectivity index is 1.70. The van der Waals surface area contributed by atoms with Gasteiger partial charge < -0.3 is 19.0 Å². The zero-order chi connectivity index (χ0) is 31.0. The van der Waals surface area contributed by atoms with Gasteiger partial charge in [-0.05, 0) is 56.5 Å². The molecule has 1 amide bonds. The summed E-state index contributed by atoms with van der Waals surface area (Å²) < 4.78 is 13.4. The molecule has 0 spiro atoms. The second kappa shape index (κ2) is 12.0. The first-order valence-electron chi connectivity index (χ1n) is 14.1. The monoisotopic (exact) mass is 602 g/mol. The van der Waals surface area contributed by atoms with Crippen molar-refractivity contribution >= 4 is 45.3 Å². The molecule has 10 nitrogen and oxygen atoms in total. The number of Topliss-reactive ketones (excluding diaryl/α,β-unsaturated/α-hetero) is 2. The van der Waals surface area contributed by atoms with Gasteiger partial charge in [0.05, 0.1) is 41.6 Å². The Bertz CT molecular complexity index is 1790. The Morgan fingerprint density at radius 1 is 1.09 bits per heavy atom. The van der Waals surface area contributed by atoms with Crippen molar-refractivity contribution in [2.24, 2.45) is 0 Å². The van der Waals surface area contributed by atoms with Crippen LogP contribution in [-0.2, 0) is 9.59 Å². The number of pyridine rings is 1. The van der Waals surface area contributed by atoms with Crippen LogP contribution in [0.15, 0.2) is 42.1 Å². The van der Waals surface area contributed by atoms with E-state index in [1.807, 2.05) is 29.7 Å². The molecule has 1 fully saturated rings. The molecule has 11 heteroatoms. The topological polar surface area (TPSA) is 123 Å². The molecule has 4 aromatic rings. The minimum Gasteiger partial charge on any atom is -0.505 e. The van der Waals surface area contributed by atoms with Gasteiger partial charge in [-0.25, -0.2) is 9.97 Å². The van der Waals surface area contributed by atoms with Gasteiger partial charge in [0.15, 0.2) is 28.2 Å². The van der Waals surface area contributed by atoms with E-state index in [9.17, 15) is 19.5 Å². The number of hydrogen-bond donors (Lipinski definition) is 1. The van der Waals surface area contributed by atoms with Crippen molar-refractivity contribution in [1.29, 1.82) is 0 Å². The zero-order valence-corrected chi connectivity index (χ0v) is 25.9. The number of thiazole rings is 1. The number of unbranched alkanes of at least 4 members (excludes halogenated alkanes) is 2. The van der Waals surface area contributed by atoms with E-state index in [1.54, 1.807) is 32.0 Å². The number of imidazole rings is 1. The van der Waals surface area contributed by atoms with Crippen LogP contribution in [0, 0.1) is 20.8 Å². The number of nitrogens with zero attached hydrogens (tertiary/aromatic N) is 4. The molecule has 0 radical (unpaired) electrons. The number of fused-ring (bicyclic) bond motifs is 1. The summed E-state index contributed by atoms with van der Waals surface area (Å²) in [5.74, 6) is -1.41. The van der Waals surface area contributed by atoms with Gasteiger partial charge in [0, 0.05) is 13.1 Å². The molecule has 1 aliphatic heterocycles. The number of aliphatic hydroxyl groups excluding tert-OH is 1. The van der Waals surface area contributed by atoms with Crippen molar-refractivity contribution in [2.75, 3.05) is 18.6 Å². The third kappa shape index (κ3) is 5.29. The summed E-state index contributed by atoms with van der Waals surface area (Å²) in [6.45, 7) is 9.42. The number of aryl methyl sites for hydroxylation is 3. The van der Waals surface area contributed by atoms with Gasteiger partial charge in [-0.15, -0.1) is 0 Å². The molecule has 3 aromatic heterocycles. The summed E-state index contributed by atoms with van der Waals surface area (Å²) in [5.41, 5.74) is 3.13. The van der Waals surface area contributed by atoms with Crippen LogP contribution in [0.3, 0.4) is 0 Å². The fourth-order valence-electron chi connectivity index (χ4n) is 5.34. The van der Waals surface area contributed by atoms with E-state index in [2.05, 4.69) is 16.9 Å². The highest BCUT2D eigenvalue weighted by molar-refractivity contribution is 7.18. The van der Waals surface area contributed by atoms with Crippen LogP contribution in [-0.4, -0.2) is 50.7 Å². The first kappa shape index (κ1) is 30.0. The van der Waals surface area contributed by atoms with Crippen molar-refractivity contribution in [3.05, 3.63) is 75.2 Å². The molecule has 1 atom stereocenters. The van der Waals surface area contributed by atoms with Gasteiger partial charge in [-0.1, -0.05) is 43.2 Å². The van der Waals surface area contributed by atoms with Crippen molar-refractivity contribution in [2.45, 2.75) is 59.9 Å². The van der Waals surface area contributed by atoms with E-state index >= 15 is 0 Å². The number of ketones is 2. The fraction of sp³-hybridized carbons (Fsp3) is 0.344. The lowest BCUT2D eigenvalue weighted by Gasteiger charge is -2.24. The van der Waals surface area contributed by atoms with Gasteiger partial charge in [0.25, 0.3) is 5.78 Å². The Morgan fingerprint density at radius 3 is 2.51 bits per heavy atom. The van der Waals surface area contributed by atoms with Gasteiger partial charge in [-0.2, -0.15) is 0 Å². The molecule has 0 saturated carbocycles. The predicted molar refractivity (Wildman–Crippen MR) is 164 cm³/mol. The van der Waals surface area contributed by atoms with Gasteiger partial charge in [0.1, 0.15) is 11.3 Å². The molecule has 1 aromatic carbocycles. The first-order chi connectivity index (χ1) is 20.6. The normalized spacial score (nSPS) is 16.3. The molecule has 0 aliphatic carbocycles. The molecule has 43 heavy (non-hydrogen) atoms. The number of amides is 1. The molecule has 1 saturated heterocycles. The van der Waals surface area contributed by atoms with Crippen molar-refractivity contribution in [3.8, 4) is 11.5 Å². The van der Waals surface area contributed by atoms with E-state index in [0.717, 1.165) is 36.2 Å². The summed E-state index contributed by atoms with van der Waals surface area (Å²) in [7, 11) is 1.51. The van der Waals surface area contributed by atoms with Crippen LogP contribution in [0.1, 0.15) is 77.0 Å². The van der Waals surface area contributed by atoms with Crippen LogP contribution < -0.4 is 14.4 Å². The third-order valence-electron chi connectivity index (χ3n) is 7.57. The molecule has 1 aliphatic rings.